The molecule has 5 nitrogen and oxygen atoms in total. The molecule has 1 unspecified atom stereocenters. The molecule has 4 rings (SSSR count). The fourth-order valence-electron chi connectivity index (χ4n) is 3.44. The fraction of sp³-hybridized carbons (Fsp3) is 0.412. The largest absolute Gasteiger partial charge is 0.361 e. The summed E-state index contributed by atoms with van der Waals surface area (Å²) in [4.78, 5) is 7.15. The van der Waals surface area contributed by atoms with Gasteiger partial charge in [0, 0.05) is 18.8 Å². The Labute approximate surface area is 129 Å². The topological polar surface area (TPSA) is 46.6 Å². The van der Waals surface area contributed by atoms with Gasteiger partial charge < -0.3 is 8.92 Å². The SMILES string of the molecule is Cc1cc(C2CCCN2Cc2c(C)nc3ccccn23)no1. The van der Waals surface area contributed by atoms with Gasteiger partial charge in [0.25, 0.3) is 0 Å². The van der Waals surface area contributed by atoms with E-state index in [9.17, 15) is 0 Å². The smallest absolute Gasteiger partial charge is 0.137 e. The van der Waals surface area contributed by atoms with Crippen LogP contribution in [-0.4, -0.2) is 26.0 Å². The first-order valence-electron chi connectivity index (χ1n) is 7.82. The lowest BCUT2D eigenvalue weighted by atomic mass is 10.1. The van der Waals surface area contributed by atoms with E-state index in [1.807, 2.05) is 13.0 Å². The quantitative estimate of drug-likeness (QED) is 0.744. The molecule has 1 aliphatic rings. The monoisotopic (exact) mass is 296 g/mol. The van der Waals surface area contributed by atoms with Crippen LogP contribution < -0.4 is 0 Å². The molecule has 0 amide bonds. The summed E-state index contributed by atoms with van der Waals surface area (Å²) in [5.74, 6) is 0.882. The van der Waals surface area contributed by atoms with Gasteiger partial charge >= 0.3 is 0 Å². The Bertz CT molecular complexity index is 804. The Morgan fingerprint density at radius 1 is 1.32 bits per heavy atom. The molecule has 5 heteroatoms. The number of likely N-dealkylation sites (tertiary alicyclic amines) is 1. The highest BCUT2D eigenvalue weighted by molar-refractivity contribution is 5.42. The van der Waals surface area contributed by atoms with E-state index in [0.29, 0.717) is 6.04 Å². The van der Waals surface area contributed by atoms with E-state index < -0.39 is 0 Å². The highest BCUT2D eigenvalue weighted by Gasteiger charge is 2.29. The van der Waals surface area contributed by atoms with Crippen LogP contribution in [0.25, 0.3) is 5.65 Å². The Morgan fingerprint density at radius 2 is 2.23 bits per heavy atom. The van der Waals surface area contributed by atoms with Crippen molar-refractivity contribution in [3.05, 3.63) is 53.3 Å². The summed E-state index contributed by atoms with van der Waals surface area (Å²) in [7, 11) is 0. The van der Waals surface area contributed by atoms with Crippen LogP contribution in [-0.2, 0) is 6.54 Å². The van der Waals surface area contributed by atoms with Gasteiger partial charge in [-0.05, 0) is 45.4 Å². The Kier molecular flexibility index (Phi) is 3.22. The van der Waals surface area contributed by atoms with Crippen molar-refractivity contribution in [3.63, 3.8) is 0 Å². The van der Waals surface area contributed by atoms with Crippen molar-refractivity contribution in [2.24, 2.45) is 0 Å². The first kappa shape index (κ1) is 13.5. The number of imidazole rings is 1. The molecule has 1 atom stereocenters. The molecule has 114 valence electrons. The van der Waals surface area contributed by atoms with Crippen LogP contribution in [0.4, 0.5) is 0 Å². The number of nitrogens with zero attached hydrogens (tertiary/aromatic N) is 4. The zero-order valence-corrected chi connectivity index (χ0v) is 13.0. The molecular formula is C17H20N4O. The summed E-state index contributed by atoms with van der Waals surface area (Å²) in [6.45, 7) is 6.03. The second kappa shape index (κ2) is 5.25. The molecule has 0 bridgehead atoms. The van der Waals surface area contributed by atoms with E-state index in [-0.39, 0.29) is 0 Å². The third kappa shape index (κ3) is 2.22. The predicted octanol–water partition coefficient (Wildman–Crippen LogP) is 3.28. The normalized spacial score (nSPS) is 19.3. The zero-order chi connectivity index (χ0) is 15.1. The third-order valence-corrected chi connectivity index (χ3v) is 4.53. The van der Waals surface area contributed by atoms with Crippen molar-refractivity contribution in [3.8, 4) is 0 Å². The van der Waals surface area contributed by atoms with Crippen LogP contribution in [0.2, 0.25) is 0 Å². The lowest BCUT2D eigenvalue weighted by Crippen LogP contribution is -2.24. The average molecular weight is 296 g/mol. The minimum absolute atomic E-state index is 0.353. The first-order valence-corrected chi connectivity index (χ1v) is 7.82. The molecule has 0 spiro atoms. The molecular weight excluding hydrogens is 276 g/mol. The maximum atomic E-state index is 5.26. The number of aromatic nitrogens is 3. The Balaban J connectivity index is 1.65. The van der Waals surface area contributed by atoms with Gasteiger partial charge in [0.2, 0.25) is 0 Å². The van der Waals surface area contributed by atoms with E-state index in [0.717, 1.165) is 42.3 Å². The molecule has 1 saturated heterocycles. The standard InChI is InChI=1S/C17H20N4O/c1-12-10-14(19-22-12)15-6-5-8-20(15)11-16-13(2)18-17-7-3-4-9-21(16)17/h3-4,7,9-10,15H,5-6,8,11H2,1-2H3. The number of pyridine rings is 1. The molecule has 0 N–H and O–H groups in total. The summed E-state index contributed by atoms with van der Waals surface area (Å²) < 4.78 is 7.45. The molecule has 4 heterocycles. The maximum absolute atomic E-state index is 5.26. The van der Waals surface area contributed by atoms with Crippen LogP contribution in [0.3, 0.4) is 0 Å². The molecule has 0 radical (unpaired) electrons. The van der Waals surface area contributed by atoms with Gasteiger partial charge in [0.15, 0.2) is 0 Å². The van der Waals surface area contributed by atoms with Crippen LogP contribution in [0.5, 0.6) is 0 Å². The lowest BCUT2D eigenvalue weighted by Gasteiger charge is -2.22. The Hall–Kier alpha value is -2.14. The Morgan fingerprint density at radius 3 is 3.05 bits per heavy atom. The van der Waals surface area contributed by atoms with E-state index >= 15 is 0 Å². The molecule has 0 aliphatic carbocycles. The first-order chi connectivity index (χ1) is 10.7. The lowest BCUT2D eigenvalue weighted by molar-refractivity contribution is 0.233. The molecule has 3 aromatic rings. The van der Waals surface area contributed by atoms with Crippen LogP contribution in [0.1, 0.15) is 41.7 Å². The number of hydrogen-bond donors (Lipinski definition) is 0. The van der Waals surface area contributed by atoms with Crippen molar-refractivity contribution in [2.45, 2.75) is 39.3 Å². The van der Waals surface area contributed by atoms with Gasteiger partial charge in [-0.25, -0.2) is 4.98 Å². The van der Waals surface area contributed by atoms with Gasteiger partial charge in [-0.15, -0.1) is 0 Å². The highest BCUT2D eigenvalue weighted by Crippen LogP contribution is 2.33. The van der Waals surface area contributed by atoms with Crippen LogP contribution in [0, 0.1) is 13.8 Å². The van der Waals surface area contributed by atoms with Crippen molar-refractivity contribution in [1.29, 1.82) is 0 Å². The second-order valence-corrected chi connectivity index (χ2v) is 6.06. The van der Waals surface area contributed by atoms with Gasteiger partial charge in [-0.2, -0.15) is 0 Å². The zero-order valence-electron chi connectivity index (χ0n) is 13.0. The number of aryl methyl sites for hydroxylation is 2. The summed E-state index contributed by atoms with van der Waals surface area (Å²) in [5.41, 5.74) is 4.44. The predicted molar refractivity (Wildman–Crippen MR) is 83.6 cm³/mol. The minimum Gasteiger partial charge on any atom is -0.361 e. The van der Waals surface area contributed by atoms with Crippen LogP contribution in [0.15, 0.2) is 35.0 Å². The van der Waals surface area contributed by atoms with Crippen molar-refractivity contribution in [2.75, 3.05) is 6.54 Å². The number of fused-ring (bicyclic) bond motifs is 1. The van der Waals surface area contributed by atoms with Crippen molar-refractivity contribution >= 4 is 5.65 Å². The molecule has 0 aromatic carbocycles. The molecule has 22 heavy (non-hydrogen) atoms. The minimum atomic E-state index is 0.353. The summed E-state index contributed by atoms with van der Waals surface area (Å²) in [6, 6.07) is 8.55. The number of rotatable bonds is 3. The van der Waals surface area contributed by atoms with Gasteiger partial charge in [0.05, 0.1) is 17.4 Å². The van der Waals surface area contributed by atoms with Gasteiger partial charge in [-0.3, -0.25) is 4.90 Å². The van der Waals surface area contributed by atoms with E-state index in [4.69, 9.17) is 4.52 Å². The average Bonchev–Trinajstić information content (AvgIpc) is 3.20. The summed E-state index contributed by atoms with van der Waals surface area (Å²) in [5, 5.41) is 4.22. The number of hydrogen-bond acceptors (Lipinski definition) is 4. The molecule has 3 aromatic heterocycles. The fourth-order valence-corrected chi connectivity index (χ4v) is 3.44. The second-order valence-electron chi connectivity index (χ2n) is 6.06. The van der Waals surface area contributed by atoms with Gasteiger partial charge in [0.1, 0.15) is 17.1 Å². The highest BCUT2D eigenvalue weighted by atomic mass is 16.5. The van der Waals surface area contributed by atoms with E-state index in [1.165, 1.54) is 12.1 Å². The molecule has 1 fully saturated rings. The van der Waals surface area contributed by atoms with Crippen molar-refractivity contribution in [1.82, 2.24) is 19.4 Å². The molecule has 0 saturated carbocycles. The van der Waals surface area contributed by atoms with E-state index in [1.54, 1.807) is 0 Å². The summed E-state index contributed by atoms with van der Waals surface area (Å²) >= 11 is 0. The van der Waals surface area contributed by atoms with Crippen molar-refractivity contribution < 1.29 is 4.52 Å². The maximum Gasteiger partial charge on any atom is 0.137 e. The third-order valence-electron chi connectivity index (χ3n) is 4.53. The van der Waals surface area contributed by atoms with Crippen LogP contribution >= 0.6 is 0 Å². The summed E-state index contributed by atoms with van der Waals surface area (Å²) in [6.07, 6.45) is 4.43. The molecule has 1 aliphatic heterocycles. The van der Waals surface area contributed by atoms with E-state index in [2.05, 4.69) is 50.8 Å². The van der Waals surface area contributed by atoms with Gasteiger partial charge in [-0.1, -0.05) is 11.2 Å².